The topological polar surface area (TPSA) is 103 Å². The van der Waals surface area contributed by atoms with Crippen molar-refractivity contribution < 1.29 is 13.8 Å². The Morgan fingerprint density at radius 1 is 1.15 bits per heavy atom. The monoisotopic (exact) mass is 358 g/mol. The van der Waals surface area contributed by atoms with Gasteiger partial charge in [-0.25, -0.2) is 4.98 Å². The van der Waals surface area contributed by atoms with Gasteiger partial charge in [0.05, 0.1) is 18.2 Å². The van der Waals surface area contributed by atoms with Crippen LogP contribution < -0.4 is 4.90 Å². The first-order valence-electron chi connectivity index (χ1n) is 8.82. The van der Waals surface area contributed by atoms with E-state index < -0.39 is 0 Å². The third-order valence-corrected chi connectivity index (χ3v) is 4.68. The Morgan fingerprint density at radius 3 is 2.88 bits per heavy atom. The number of hydrogen-bond acceptors (Lipinski definition) is 9. The number of aromatic nitrogens is 5. The van der Waals surface area contributed by atoms with Crippen molar-refractivity contribution in [3.05, 3.63) is 23.2 Å². The number of fused-ring (bicyclic) bond motifs is 1. The normalized spacial score (nSPS) is 18.0. The molecule has 1 fully saturated rings. The van der Waals surface area contributed by atoms with Gasteiger partial charge in [-0.05, 0) is 26.7 Å². The summed E-state index contributed by atoms with van der Waals surface area (Å²) in [5.41, 5.74) is 1.34. The van der Waals surface area contributed by atoms with Gasteiger partial charge in [0.15, 0.2) is 5.82 Å². The first kappa shape index (κ1) is 16.9. The molecule has 9 nitrogen and oxygen atoms in total. The molecule has 3 aromatic rings. The van der Waals surface area contributed by atoms with Gasteiger partial charge in [0, 0.05) is 26.6 Å². The highest BCUT2D eigenvalue weighted by Gasteiger charge is 2.29. The van der Waals surface area contributed by atoms with Crippen molar-refractivity contribution >= 4 is 16.9 Å². The van der Waals surface area contributed by atoms with E-state index in [-0.39, 0.29) is 5.92 Å². The Kier molecular flexibility index (Phi) is 4.54. The SMILES string of the molecule is COCCc1noc([C@@H]2CCCN(c3nc(C)nc4onc(C)c34)C2)n1. The van der Waals surface area contributed by atoms with Gasteiger partial charge in [0.1, 0.15) is 17.0 Å². The van der Waals surface area contributed by atoms with Gasteiger partial charge in [-0.3, -0.25) is 0 Å². The van der Waals surface area contributed by atoms with Crippen molar-refractivity contribution in [1.29, 1.82) is 0 Å². The smallest absolute Gasteiger partial charge is 0.263 e. The molecule has 0 spiro atoms. The van der Waals surface area contributed by atoms with Gasteiger partial charge in [0.2, 0.25) is 5.89 Å². The van der Waals surface area contributed by atoms with E-state index in [9.17, 15) is 0 Å². The molecule has 0 amide bonds. The van der Waals surface area contributed by atoms with Gasteiger partial charge >= 0.3 is 0 Å². The number of hydrogen-bond donors (Lipinski definition) is 0. The second-order valence-corrected chi connectivity index (χ2v) is 6.62. The minimum atomic E-state index is 0.179. The Bertz CT molecular complexity index is 905. The van der Waals surface area contributed by atoms with E-state index in [2.05, 4.69) is 30.2 Å². The lowest BCUT2D eigenvalue weighted by Gasteiger charge is -2.32. The van der Waals surface area contributed by atoms with Crippen molar-refractivity contribution in [2.45, 2.75) is 39.0 Å². The lowest BCUT2D eigenvalue weighted by Crippen LogP contribution is -2.35. The van der Waals surface area contributed by atoms with Crippen molar-refractivity contribution in [3.63, 3.8) is 0 Å². The third-order valence-electron chi connectivity index (χ3n) is 4.68. The third kappa shape index (κ3) is 3.14. The molecule has 0 radical (unpaired) electrons. The van der Waals surface area contributed by atoms with Crippen molar-refractivity contribution in [1.82, 2.24) is 25.3 Å². The summed E-state index contributed by atoms with van der Waals surface area (Å²) in [7, 11) is 1.66. The molecule has 26 heavy (non-hydrogen) atoms. The number of ether oxygens (including phenoxy) is 1. The Labute approximate surface area is 150 Å². The van der Waals surface area contributed by atoms with E-state index >= 15 is 0 Å². The minimum Gasteiger partial charge on any atom is -0.384 e. The molecule has 4 rings (SSSR count). The molecule has 138 valence electrons. The quantitative estimate of drug-likeness (QED) is 0.679. The van der Waals surface area contributed by atoms with Crippen molar-refractivity contribution in [2.75, 3.05) is 31.7 Å². The summed E-state index contributed by atoms with van der Waals surface area (Å²) in [4.78, 5) is 15.8. The molecule has 0 unspecified atom stereocenters. The van der Waals surface area contributed by atoms with Crippen molar-refractivity contribution in [2.24, 2.45) is 0 Å². The molecule has 0 bridgehead atoms. The Balaban J connectivity index is 1.59. The van der Waals surface area contributed by atoms with Crippen LogP contribution in [0.3, 0.4) is 0 Å². The van der Waals surface area contributed by atoms with Crippen LogP contribution in [0, 0.1) is 13.8 Å². The summed E-state index contributed by atoms with van der Waals surface area (Å²) in [6.07, 6.45) is 2.69. The summed E-state index contributed by atoms with van der Waals surface area (Å²) >= 11 is 0. The second kappa shape index (κ2) is 6.99. The standard InChI is InChI=1S/C17H22N6O3/c1-10-14-15(18-11(2)19-17(14)26-21-10)23-7-4-5-12(9-23)16-20-13(22-25-16)6-8-24-3/h12H,4-9H2,1-3H3/t12-/m1/s1. The summed E-state index contributed by atoms with van der Waals surface area (Å²) < 4.78 is 15.9. The van der Waals surface area contributed by atoms with Crippen LogP contribution >= 0.6 is 0 Å². The highest BCUT2D eigenvalue weighted by molar-refractivity contribution is 5.88. The minimum absolute atomic E-state index is 0.179. The van der Waals surface area contributed by atoms with Crippen LogP contribution in [0.2, 0.25) is 0 Å². The molecule has 4 heterocycles. The van der Waals surface area contributed by atoms with E-state index in [0.29, 0.717) is 36.3 Å². The Morgan fingerprint density at radius 2 is 2.04 bits per heavy atom. The average Bonchev–Trinajstić information content (AvgIpc) is 3.27. The van der Waals surface area contributed by atoms with Gasteiger partial charge in [-0.15, -0.1) is 0 Å². The summed E-state index contributed by atoms with van der Waals surface area (Å²) in [5, 5.41) is 8.98. The molecule has 0 saturated carbocycles. The molecule has 1 aliphatic heterocycles. The van der Waals surface area contributed by atoms with Gasteiger partial charge < -0.3 is 18.7 Å². The number of methoxy groups -OCH3 is 1. The van der Waals surface area contributed by atoms with E-state index in [1.807, 2.05) is 13.8 Å². The van der Waals surface area contributed by atoms with E-state index in [0.717, 1.165) is 42.8 Å². The number of aryl methyl sites for hydroxylation is 2. The lowest BCUT2D eigenvalue weighted by molar-refractivity contribution is 0.199. The van der Waals surface area contributed by atoms with E-state index in [1.165, 1.54) is 0 Å². The summed E-state index contributed by atoms with van der Waals surface area (Å²) in [5.74, 6) is 3.09. The lowest BCUT2D eigenvalue weighted by atomic mass is 9.97. The van der Waals surface area contributed by atoms with Gasteiger partial charge in [0.25, 0.3) is 5.71 Å². The molecular formula is C17H22N6O3. The number of piperidine rings is 1. The first-order chi connectivity index (χ1) is 12.7. The molecule has 0 N–H and O–H groups in total. The maximum Gasteiger partial charge on any atom is 0.263 e. The zero-order valence-electron chi connectivity index (χ0n) is 15.2. The molecule has 0 aromatic carbocycles. The van der Waals surface area contributed by atoms with Crippen LogP contribution in [0.4, 0.5) is 5.82 Å². The van der Waals surface area contributed by atoms with Crippen LogP contribution in [-0.2, 0) is 11.2 Å². The van der Waals surface area contributed by atoms with Crippen LogP contribution in [0.15, 0.2) is 9.05 Å². The number of rotatable bonds is 5. The van der Waals surface area contributed by atoms with Crippen LogP contribution in [0.25, 0.3) is 11.1 Å². The summed E-state index contributed by atoms with van der Waals surface area (Å²) in [6.45, 7) is 6.04. The first-order valence-corrected chi connectivity index (χ1v) is 8.82. The predicted octanol–water partition coefficient (Wildman–Crippen LogP) is 2.19. The van der Waals surface area contributed by atoms with Crippen LogP contribution in [-0.4, -0.2) is 52.1 Å². The molecule has 9 heteroatoms. The largest absolute Gasteiger partial charge is 0.384 e. The molecular weight excluding hydrogens is 336 g/mol. The molecule has 1 aliphatic rings. The maximum absolute atomic E-state index is 5.50. The van der Waals surface area contributed by atoms with E-state index in [4.69, 9.17) is 13.8 Å². The Hall–Kier alpha value is -2.55. The second-order valence-electron chi connectivity index (χ2n) is 6.62. The fourth-order valence-electron chi connectivity index (χ4n) is 3.40. The fraction of sp³-hybridized carbons (Fsp3) is 0.588. The predicted molar refractivity (Wildman–Crippen MR) is 93.1 cm³/mol. The molecule has 0 aliphatic carbocycles. The number of nitrogens with zero attached hydrogens (tertiary/aromatic N) is 6. The molecule has 1 saturated heterocycles. The average molecular weight is 358 g/mol. The number of anilines is 1. The van der Waals surface area contributed by atoms with Crippen LogP contribution in [0.1, 0.15) is 42.0 Å². The molecule has 1 atom stereocenters. The van der Waals surface area contributed by atoms with Crippen LogP contribution in [0.5, 0.6) is 0 Å². The van der Waals surface area contributed by atoms with Gasteiger partial charge in [-0.1, -0.05) is 10.3 Å². The maximum atomic E-state index is 5.50. The van der Waals surface area contributed by atoms with Gasteiger partial charge in [-0.2, -0.15) is 9.97 Å². The molecule has 3 aromatic heterocycles. The zero-order valence-corrected chi connectivity index (χ0v) is 15.2. The van der Waals surface area contributed by atoms with E-state index in [1.54, 1.807) is 7.11 Å². The van der Waals surface area contributed by atoms with Crippen molar-refractivity contribution in [3.8, 4) is 0 Å². The highest BCUT2D eigenvalue weighted by atomic mass is 16.5. The zero-order chi connectivity index (χ0) is 18.1. The highest BCUT2D eigenvalue weighted by Crippen LogP contribution is 2.33. The fourth-order valence-corrected chi connectivity index (χ4v) is 3.40. The summed E-state index contributed by atoms with van der Waals surface area (Å²) in [6, 6.07) is 0.